The fourth-order valence-corrected chi connectivity index (χ4v) is 3.63. The molecular weight excluding hydrogens is 358 g/mol. The average Bonchev–Trinajstić information content (AvgIpc) is 2.63. The standard InChI is InChI=1S/C21H23N3O4/c1-11(2)18-14(10-22)20(23)28-17-8-12(3)24(21(27)19(17)18)7-6-13-4-5-15(25)16(26)9-13/h4-5,8-9,11,18,25-26H,6-7,23H2,1-3H3/t18-/m0/s1. The Morgan fingerprint density at radius 2 is 2.00 bits per heavy atom. The maximum absolute atomic E-state index is 13.3. The van der Waals surface area contributed by atoms with Crippen LogP contribution in [-0.4, -0.2) is 14.8 Å². The number of aryl methyl sites for hydroxylation is 2. The van der Waals surface area contributed by atoms with Gasteiger partial charge >= 0.3 is 0 Å². The zero-order valence-corrected chi connectivity index (χ0v) is 16.1. The molecule has 0 unspecified atom stereocenters. The van der Waals surface area contributed by atoms with E-state index in [1.807, 2.05) is 20.8 Å². The lowest BCUT2D eigenvalue weighted by atomic mass is 9.81. The molecule has 0 radical (unpaired) electrons. The van der Waals surface area contributed by atoms with Crippen LogP contribution in [0.1, 0.15) is 36.6 Å². The molecule has 7 nitrogen and oxygen atoms in total. The number of benzene rings is 1. The zero-order valence-electron chi connectivity index (χ0n) is 16.1. The number of nitriles is 1. The van der Waals surface area contributed by atoms with Crippen LogP contribution in [0.5, 0.6) is 17.2 Å². The number of nitrogens with zero attached hydrogens (tertiary/aromatic N) is 2. The Labute approximate surface area is 162 Å². The summed E-state index contributed by atoms with van der Waals surface area (Å²) >= 11 is 0. The molecule has 1 aliphatic heterocycles. The first-order valence-corrected chi connectivity index (χ1v) is 9.07. The second kappa shape index (κ2) is 7.31. The molecule has 0 amide bonds. The van der Waals surface area contributed by atoms with Gasteiger partial charge in [-0.2, -0.15) is 5.26 Å². The lowest BCUT2D eigenvalue weighted by Gasteiger charge is -2.29. The molecule has 0 saturated carbocycles. The lowest BCUT2D eigenvalue weighted by Crippen LogP contribution is -2.34. The zero-order chi connectivity index (χ0) is 20.6. The maximum Gasteiger partial charge on any atom is 0.258 e. The number of aromatic nitrogens is 1. The Balaban J connectivity index is 2.02. The van der Waals surface area contributed by atoms with Crippen LogP contribution in [-0.2, 0) is 13.0 Å². The summed E-state index contributed by atoms with van der Waals surface area (Å²) in [6, 6.07) is 8.45. The molecule has 1 aromatic heterocycles. The minimum absolute atomic E-state index is 0.00579. The third kappa shape index (κ3) is 3.29. The molecule has 1 atom stereocenters. The van der Waals surface area contributed by atoms with Crippen LogP contribution in [0.25, 0.3) is 0 Å². The van der Waals surface area contributed by atoms with Gasteiger partial charge < -0.3 is 25.3 Å². The monoisotopic (exact) mass is 381 g/mol. The number of ether oxygens (including phenoxy) is 1. The number of nitrogens with two attached hydrogens (primary N) is 1. The van der Waals surface area contributed by atoms with E-state index in [1.165, 1.54) is 12.1 Å². The van der Waals surface area contributed by atoms with E-state index in [-0.39, 0.29) is 34.4 Å². The molecule has 0 bridgehead atoms. The van der Waals surface area contributed by atoms with Crippen molar-refractivity contribution < 1.29 is 14.9 Å². The molecule has 146 valence electrons. The van der Waals surface area contributed by atoms with Gasteiger partial charge in [0.25, 0.3) is 5.56 Å². The number of pyridine rings is 1. The number of fused-ring (bicyclic) bond motifs is 1. The van der Waals surface area contributed by atoms with Crippen molar-refractivity contribution in [2.45, 2.75) is 39.7 Å². The normalized spacial score (nSPS) is 15.9. The summed E-state index contributed by atoms with van der Waals surface area (Å²) in [5.41, 5.74) is 7.92. The van der Waals surface area contributed by atoms with Crippen LogP contribution in [0.3, 0.4) is 0 Å². The highest BCUT2D eigenvalue weighted by Crippen LogP contribution is 2.40. The lowest BCUT2D eigenvalue weighted by molar-refractivity contribution is 0.366. The third-order valence-corrected chi connectivity index (χ3v) is 5.07. The molecule has 0 aliphatic carbocycles. The average molecular weight is 381 g/mol. The van der Waals surface area contributed by atoms with Gasteiger partial charge in [0.2, 0.25) is 5.88 Å². The van der Waals surface area contributed by atoms with Crippen LogP contribution in [0.4, 0.5) is 0 Å². The number of rotatable bonds is 4. The maximum atomic E-state index is 13.3. The number of phenolic OH excluding ortho intramolecular Hbond substituents is 2. The van der Waals surface area contributed by atoms with Crippen LogP contribution < -0.4 is 16.0 Å². The van der Waals surface area contributed by atoms with E-state index in [0.717, 1.165) is 5.56 Å². The fourth-order valence-electron chi connectivity index (χ4n) is 3.63. The first kappa shape index (κ1) is 19.4. The van der Waals surface area contributed by atoms with Gasteiger partial charge in [0.15, 0.2) is 11.5 Å². The van der Waals surface area contributed by atoms with E-state index in [2.05, 4.69) is 6.07 Å². The fraction of sp³-hybridized carbons (Fsp3) is 0.333. The van der Waals surface area contributed by atoms with Crippen molar-refractivity contribution in [3.63, 3.8) is 0 Å². The molecule has 1 aliphatic rings. The molecule has 4 N–H and O–H groups in total. The summed E-state index contributed by atoms with van der Waals surface area (Å²) < 4.78 is 7.22. The Hall–Kier alpha value is -3.40. The quantitative estimate of drug-likeness (QED) is 0.700. The van der Waals surface area contributed by atoms with Crippen LogP contribution in [0.15, 0.2) is 40.5 Å². The molecule has 0 fully saturated rings. The van der Waals surface area contributed by atoms with Gasteiger partial charge in [-0.1, -0.05) is 19.9 Å². The third-order valence-electron chi connectivity index (χ3n) is 5.07. The number of allylic oxidation sites excluding steroid dienone is 1. The van der Waals surface area contributed by atoms with Gasteiger partial charge in [-0.3, -0.25) is 4.79 Å². The highest BCUT2D eigenvalue weighted by molar-refractivity contribution is 5.50. The number of hydrogen-bond donors (Lipinski definition) is 3. The second-order valence-electron chi connectivity index (χ2n) is 7.31. The topological polar surface area (TPSA) is 122 Å². The van der Waals surface area contributed by atoms with Gasteiger partial charge in [0.1, 0.15) is 11.8 Å². The molecule has 2 aromatic rings. The Bertz CT molecular complexity index is 1060. The van der Waals surface area contributed by atoms with Crippen molar-refractivity contribution in [1.82, 2.24) is 4.57 Å². The van der Waals surface area contributed by atoms with E-state index in [4.69, 9.17) is 10.5 Å². The highest BCUT2D eigenvalue weighted by atomic mass is 16.5. The summed E-state index contributed by atoms with van der Waals surface area (Å²) in [4.78, 5) is 13.3. The van der Waals surface area contributed by atoms with E-state index in [9.17, 15) is 20.3 Å². The van der Waals surface area contributed by atoms with E-state index in [0.29, 0.717) is 30.0 Å². The second-order valence-corrected chi connectivity index (χ2v) is 7.31. The number of aromatic hydroxyl groups is 2. The first-order valence-electron chi connectivity index (χ1n) is 9.07. The molecule has 0 saturated heterocycles. The Morgan fingerprint density at radius 1 is 1.29 bits per heavy atom. The summed E-state index contributed by atoms with van der Waals surface area (Å²) in [5, 5.41) is 28.6. The summed E-state index contributed by atoms with van der Waals surface area (Å²) in [7, 11) is 0. The summed E-state index contributed by atoms with van der Waals surface area (Å²) in [6.45, 7) is 6.07. The highest BCUT2D eigenvalue weighted by Gasteiger charge is 2.34. The SMILES string of the molecule is Cc1cc2c(c(=O)n1CCc1ccc(O)c(O)c1)[C@@H](C(C)C)C(C#N)=C(N)O2. The van der Waals surface area contributed by atoms with Crippen LogP contribution >= 0.6 is 0 Å². The number of hydrogen-bond acceptors (Lipinski definition) is 6. The van der Waals surface area contributed by atoms with Gasteiger partial charge in [-0.05, 0) is 37.0 Å². The van der Waals surface area contributed by atoms with Crippen LogP contribution in [0, 0.1) is 24.2 Å². The van der Waals surface area contributed by atoms with Crippen molar-refractivity contribution in [3.05, 3.63) is 62.9 Å². The molecule has 2 heterocycles. The summed E-state index contributed by atoms with van der Waals surface area (Å²) in [5.74, 6) is -0.364. The van der Waals surface area contributed by atoms with Gasteiger partial charge in [0, 0.05) is 24.2 Å². The minimum Gasteiger partial charge on any atom is -0.504 e. The van der Waals surface area contributed by atoms with Crippen molar-refractivity contribution in [2.75, 3.05) is 0 Å². The molecule has 0 spiro atoms. The van der Waals surface area contributed by atoms with Crippen molar-refractivity contribution in [1.29, 1.82) is 5.26 Å². The molecular formula is C21H23N3O4. The first-order chi connectivity index (χ1) is 13.2. The van der Waals surface area contributed by atoms with Crippen molar-refractivity contribution in [3.8, 4) is 23.3 Å². The molecule has 3 rings (SSSR count). The van der Waals surface area contributed by atoms with Gasteiger partial charge in [-0.15, -0.1) is 0 Å². The molecule has 7 heteroatoms. The van der Waals surface area contributed by atoms with Crippen molar-refractivity contribution in [2.24, 2.45) is 11.7 Å². The van der Waals surface area contributed by atoms with E-state index >= 15 is 0 Å². The van der Waals surface area contributed by atoms with Gasteiger partial charge in [-0.25, -0.2) is 0 Å². The predicted molar refractivity (Wildman–Crippen MR) is 104 cm³/mol. The minimum atomic E-state index is -0.425. The number of phenols is 2. The molecule has 1 aromatic carbocycles. The van der Waals surface area contributed by atoms with E-state index in [1.54, 1.807) is 16.7 Å². The van der Waals surface area contributed by atoms with E-state index < -0.39 is 5.92 Å². The summed E-state index contributed by atoms with van der Waals surface area (Å²) in [6.07, 6.45) is 0.490. The molecule has 28 heavy (non-hydrogen) atoms. The predicted octanol–water partition coefficient (Wildman–Crippen LogP) is 2.64. The smallest absolute Gasteiger partial charge is 0.258 e. The van der Waals surface area contributed by atoms with Crippen molar-refractivity contribution >= 4 is 0 Å². The Morgan fingerprint density at radius 3 is 2.61 bits per heavy atom. The van der Waals surface area contributed by atoms with Crippen LogP contribution in [0.2, 0.25) is 0 Å². The Kier molecular flexibility index (Phi) is 5.06. The largest absolute Gasteiger partial charge is 0.504 e. The van der Waals surface area contributed by atoms with Gasteiger partial charge in [0.05, 0.1) is 11.1 Å².